The van der Waals surface area contributed by atoms with Crippen molar-refractivity contribution in [2.24, 2.45) is 5.92 Å². The van der Waals surface area contributed by atoms with Crippen LogP contribution in [0.15, 0.2) is 53.6 Å². The van der Waals surface area contributed by atoms with Gasteiger partial charge in [-0.25, -0.2) is 4.98 Å². The fraction of sp³-hybridized carbons (Fsp3) is 0.375. The summed E-state index contributed by atoms with van der Waals surface area (Å²) in [5, 5.41) is 18.7. The molecule has 3 N–H and O–H groups in total. The first-order valence-corrected chi connectivity index (χ1v) is 11.0. The monoisotopic (exact) mass is 445 g/mol. The molecule has 1 aliphatic carbocycles. The van der Waals surface area contributed by atoms with Crippen LogP contribution in [0.4, 0.5) is 5.82 Å². The molecule has 4 aromatic rings. The van der Waals surface area contributed by atoms with Gasteiger partial charge in [-0.15, -0.1) is 0 Å². The highest BCUT2D eigenvalue weighted by atomic mass is 16.5. The van der Waals surface area contributed by atoms with Crippen LogP contribution in [0.1, 0.15) is 45.0 Å². The zero-order valence-corrected chi connectivity index (χ0v) is 18.9. The fourth-order valence-electron chi connectivity index (χ4n) is 4.15. The summed E-state index contributed by atoms with van der Waals surface area (Å²) in [5.74, 6) is 1.96. The lowest BCUT2D eigenvalue weighted by Gasteiger charge is -2.26. The molecule has 5 rings (SSSR count). The van der Waals surface area contributed by atoms with Gasteiger partial charge in [0.05, 0.1) is 35.0 Å². The third kappa shape index (κ3) is 4.23. The van der Waals surface area contributed by atoms with E-state index in [1.165, 1.54) is 0 Å². The lowest BCUT2D eigenvalue weighted by molar-refractivity contribution is 0.0577. The Hall–Kier alpha value is -3.59. The summed E-state index contributed by atoms with van der Waals surface area (Å²) < 4.78 is 7.30. The molecule has 33 heavy (non-hydrogen) atoms. The molecule has 4 heterocycles. The van der Waals surface area contributed by atoms with Gasteiger partial charge in [0.1, 0.15) is 5.82 Å². The van der Waals surface area contributed by atoms with E-state index < -0.39 is 11.0 Å². The summed E-state index contributed by atoms with van der Waals surface area (Å²) in [4.78, 5) is 13.6. The third-order valence-corrected chi connectivity index (χ3v) is 6.16. The summed E-state index contributed by atoms with van der Waals surface area (Å²) in [6, 6.07) is 7.75. The highest BCUT2D eigenvalue weighted by Crippen LogP contribution is 2.50. The smallest absolute Gasteiger partial charge is 0.261 e. The van der Waals surface area contributed by atoms with Gasteiger partial charge in [-0.3, -0.25) is 9.67 Å². The van der Waals surface area contributed by atoms with E-state index in [9.17, 15) is 5.11 Å². The van der Waals surface area contributed by atoms with Crippen molar-refractivity contribution in [3.63, 3.8) is 0 Å². The molecule has 0 unspecified atom stereocenters. The van der Waals surface area contributed by atoms with Gasteiger partial charge in [-0.2, -0.15) is 10.1 Å². The molecule has 0 spiro atoms. The number of nitrogens with two attached hydrogens (primary N) is 1. The van der Waals surface area contributed by atoms with Crippen LogP contribution in [0.5, 0.6) is 0 Å². The molecular weight excluding hydrogens is 418 g/mol. The average molecular weight is 446 g/mol. The number of aromatic nitrogens is 6. The van der Waals surface area contributed by atoms with Crippen molar-refractivity contribution in [2.45, 2.75) is 51.2 Å². The first-order chi connectivity index (χ1) is 15.7. The van der Waals surface area contributed by atoms with Gasteiger partial charge in [0.25, 0.3) is 5.89 Å². The van der Waals surface area contributed by atoms with E-state index in [0.717, 1.165) is 35.2 Å². The van der Waals surface area contributed by atoms with E-state index >= 15 is 0 Å². The highest BCUT2D eigenvalue weighted by molar-refractivity contribution is 5.59. The zero-order valence-electron chi connectivity index (χ0n) is 18.9. The van der Waals surface area contributed by atoms with Crippen molar-refractivity contribution >= 4 is 5.82 Å². The Balaban J connectivity index is 1.43. The summed E-state index contributed by atoms with van der Waals surface area (Å²) in [7, 11) is 0. The summed E-state index contributed by atoms with van der Waals surface area (Å²) in [6.07, 6.45) is 9.30. The van der Waals surface area contributed by atoms with Crippen LogP contribution in [0.3, 0.4) is 0 Å². The molecule has 170 valence electrons. The molecule has 0 saturated heterocycles. The van der Waals surface area contributed by atoms with Crippen LogP contribution < -0.4 is 5.73 Å². The Kier molecular flexibility index (Phi) is 5.01. The van der Waals surface area contributed by atoms with Crippen LogP contribution in [-0.4, -0.2) is 40.6 Å². The van der Waals surface area contributed by atoms with E-state index in [4.69, 9.17) is 15.2 Å². The molecule has 1 fully saturated rings. The summed E-state index contributed by atoms with van der Waals surface area (Å²) in [6.45, 7) is 6.00. The van der Waals surface area contributed by atoms with E-state index in [1.54, 1.807) is 43.2 Å². The first-order valence-electron chi connectivity index (χ1n) is 11.0. The standard InChI is InChI=1S/C24H27N7O2/c1-23(2,32)14-31-13-16(11-28-31)21-29-22(30-33-21)24(3,17-5-6-17)18-7-8-19(26-12-18)15-4-9-20(25)27-10-15/h4,7-13,17,32H,5-6,14H2,1-3H3,(H2,25,27)/t24-/m0/s1. The topological polar surface area (TPSA) is 129 Å². The highest BCUT2D eigenvalue weighted by Gasteiger charge is 2.47. The molecule has 1 saturated carbocycles. The molecule has 4 aromatic heterocycles. The maximum Gasteiger partial charge on any atom is 0.261 e. The predicted molar refractivity (Wildman–Crippen MR) is 123 cm³/mol. The second kappa shape index (κ2) is 7.77. The van der Waals surface area contributed by atoms with Gasteiger partial charge in [0.2, 0.25) is 0 Å². The number of rotatable bonds is 7. The van der Waals surface area contributed by atoms with Crippen LogP contribution in [0.25, 0.3) is 22.7 Å². The fourth-order valence-corrected chi connectivity index (χ4v) is 4.15. The van der Waals surface area contributed by atoms with Crippen LogP contribution >= 0.6 is 0 Å². The SMILES string of the molecule is CC(C)(O)Cn1cc(-c2nc([C@](C)(c3ccc(-c4ccc(N)nc4)nc3)C3CC3)no2)cn1. The van der Waals surface area contributed by atoms with Crippen molar-refractivity contribution in [2.75, 3.05) is 5.73 Å². The quantitative estimate of drug-likeness (QED) is 0.442. The Morgan fingerprint density at radius 2 is 1.88 bits per heavy atom. The van der Waals surface area contributed by atoms with Gasteiger partial charge in [0.15, 0.2) is 5.82 Å². The van der Waals surface area contributed by atoms with Crippen LogP contribution in [0, 0.1) is 5.92 Å². The Bertz CT molecular complexity index is 1250. The molecule has 9 nitrogen and oxygen atoms in total. The van der Waals surface area contributed by atoms with Crippen molar-refractivity contribution in [1.82, 2.24) is 29.9 Å². The Morgan fingerprint density at radius 1 is 1.06 bits per heavy atom. The minimum Gasteiger partial charge on any atom is -0.389 e. The second-order valence-corrected chi connectivity index (χ2v) is 9.54. The maximum absolute atomic E-state index is 10.0. The van der Waals surface area contributed by atoms with E-state index in [-0.39, 0.29) is 0 Å². The molecule has 9 heteroatoms. The number of nitrogens with zero attached hydrogens (tertiary/aromatic N) is 6. The molecule has 1 atom stereocenters. The van der Waals surface area contributed by atoms with Crippen molar-refractivity contribution < 1.29 is 9.63 Å². The van der Waals surface area contributed by atoms with Gasteiger partial charge >= 0.3 is 0 Å². The molecule has 0 aliphatic heterocycles. The summed E-state index contributed by atoms with van der Waals surface area (Å²) in [5.41, 5.74) is 7.93. The Labute approximate surface area is 191 Å². The predicted octanol–water partition coefficient (Wildman–Crippen LogP) is 3.46. The largest absolute Gasteiger partial charge is 0.389 e. The van der Waals surface area contributed by atoms with Gasteiger partial charge < -0.3 is 15.4 Å². The second-order valence-electron chi connectivity index (χ2n) is 9.54. The first kappa shape index (κ1) is 21.3. The number of aliphatic hydroxyl groups is 1. The van der Waals surface area contributed by atoms with Crippen LogP contribution in [0.2, 0.25) is 0 Å². The molecule has 1 aliphatic rings. The minimum atomic E-state index is -0.866. The molecular formula is C24H27N7O2. The lowest BCUT2D eigenvalue weighted by Crippen LogP contribution is -2.28. The van der Waals surface area contributed by atoms with Crippen molar-refractivity contribution in [1.29, 1.82) is 0 Å². The number of hydrogen-bond acceptors (Lipinski definition) is 8. The number of hydrogen-bond donors (Lipinski definition) is 2. The third-order valence-electron chi connectivity index (χ3n) is 6.16. The minimum absolute atomic E-state index is 0.370. The zero-order chi connectivity index (χ0) is 23.2. The average Bonchev–Trinajstić information content (AvgIpc) is 3.35. The molecule has 0 aromatic carbocycles. The van der Waals surface area contributed by atoms with Gasteiger partial charge in [-0.1, -0.05) is 11.2 Å². The van der Waals surface area contributed by atoms with Crippen molar-refractivity contribution in [3.05, 3.63) is 60.4 Å². The van der Waals surface area contributed by atoms with E-state index in [2.05, 4.69) is 33.2 Å². The molecule has 0 bridgehead atoms. The van der Waals surface area contributed by atoms with Gasteiger partial charge in [-0.05, 0) is 63.3 Å². The maximum atomic E-state index is 10.0. The number of anilines is 1. The van der Waals surface area contributed by atoms with E-state index in [1.807, 2.05) is 18.3 Å². The molecule has 0 radical (unpaired) electrons. The van der Waals surface area contributed by atoms with Crippen LogP contribution in [-0.2, 0) is 12.0 Å². The van der Waals surface area contributed by atoms with Gasteiger partial charge in [0, 0.05) is 24.2 Å². The number of pyridine rings is 2. The number of nitrogen functional groups attached to an aromatic ring is 1. The van der Waals surface area contributed by atoms with Crippen molar-refractivity contribution in [3.8, 4) is 22.7 Å². The normalized spacial score (nSPS) is 16.0. The summed E-state index contributed by atoms with van der Waals surface area (Å²) >= 11 is 0. The van der Waals surface area contributed by atoms with E-state index in [0.29, 0.717) is 30.0 Å². The Morgan fingerprint density at radius 3 is 2.52 bits per heavy atom. The lowest BCUT2D eigenvalue weighted by atomic mass is 9.77. The molecule has 0 amide bonds.